The first-order valence-electron chi connectivity index (χ1n) is 5.69. The maximum atomic E-state index is 11.3. The molecule has 0 spiro atoms. The Hall–Kier alpha value is -1.73. The number of nitrogens with two attached hydrogens (primary N) is 1. The van der Waals surface area contributed by atoms with E-state index in [1.807, 2.05) is 5.38 Å². The van der Waals surface area contributed by atoms with Crippen LogP contribution in [0, 0.1) is 0 Å². The topological polar surface area (TPSA) is 94.0 Å². The van der Waals surface area contributed by atoms with E-state index < -0.39 is 5.97 Å². The van der Waals surface area contributed by atoms with E-state index in [4.69, 9.17) is 5.73 Å². The molecule has 0 aromatic carbocycles. The van der Waals surface area contributed by atoms with Crippen molar-refractivity contribution in [1.82, 2.24) is 14.8 Å². The molecule has 0 saturated heterocycles. The Kier molecular flexibility index (Phi) is 2.64. The second-order valence-electron chi connectivity index (χ2n) is 4.24. The van der Waals surface area contributed by atoms with Gasteiger partial charge in [-0.05, 0) is 19.3 Å². The minimum atomic E-state index is -1.03. The Labute approximate surface area is 107 Å². The molecule has 6 nitrogen and oxygen atoms in total. The highest BCUT2D eigenvalue weighted by atomic mass is 32.1. The van der Waals surface area contributed by atoms with Crippen molar-refractivity contribution < 1.29 is 9.90 Å². The second-order valence-corrected chi connectivity index (χ2v) is 5.11. The SMILES string of the molecule is NC1CCCc2c1c(C(=O)O)nn2-c1nccs1. The summed E-state index contributed by atoms with van der Waals surface area (Å²) in [5.74, 6) is -1.03. The number of aromatic nitrogens is 3. The van der Waals surface area contributed by atoms with Gasteiger partial charge < -0.3 is 10.8 Å². The summed E-state index contributed by atoms with van der Waals surface area (Å²) in [5.41, 5.74) is 7.64. The smallest absolute Gasteiger partial charge is 0.356 e. The van der Waals surface area contributed by atoms with Gasteiger partial charge in [-0.3, -0.25) is 0 Å². The third kappa shape index (κ3) is 1.63. The molecule has 1 unspecified atom stereocenters. The van der Waals surface area contributed by atoms with Crippen molar-refractivity contribution in [3.8, 4) is 5.13 Å². The van der Waals surface area contributed by atoms with Gasteiger partial charge in [0, 0.05) is 23.2 Å². The van der Waals surface area contributed by atoms with E-state index in [0.717, 1.165) is 25.0 Å². The maximum absolute atomic E-state index is 11.3. The van der Waals surface area contributed by atoms with E-state index in [9.17, 15) is 9.90 Å². The van der Waals surface area contributed by atoms with Crippen LogP contribution >= 0.6 is 11.3 Å². The second kappa shape index (κ2) is 4.18. The zero-order valence-electron chi connectivity index (χ0n) is 9.54. The molecule has 18 heavy (non-hydrogen) atoms. The summed E-state index contributed by atoms with van der Waals surface area (Å²) < 4.78 is 1.63. The fourth-order valence-corrected chi connectivity index (χ4v) is 2.98. The Morgan fingerprint density at radius 3 is 3.11 bits per heavy atom. The first kappa shape index (κ1) is 11.4. The van der Waals surface area contributed by atoms with Gasteiger partial charge in [0.1, 0.15) is 0 Å². The van der Waals surface area contributed by atoms with Gasteiger partial charge in [-0.25, -0.2) is 14.5 Å². The van der Waals surface area contributed by atoms with Crippen LogP contribution in [0.15, 0.2) is 11.6 Å². The number of carbonyl (C=O) groups is 1. The zero-order chi connectivity index (χ0) is 12.7. The number of carboxylic acids is 1. The van der Waals surface area contributed by atoms with Crippen LogP contribution in [0.5, 0.6) is 0 Å². The van der Waals surface area contributed by atoms with Crippen LogP contribution in [-0.4, -0.2) is 25.8 Å². The molecule has 0 saturated carbocycles. The summed E-state index contributed by atoms with van der Waals surface area (Å²) in [5, 5.41) is 15.9. The van der Waals surface area contributed by atoms with Crippen molar-refractivity contribution in [2.24, 2.45) is 5.73 Å². The number of fused-ring (bicyclic) bond motifs is 1. The average Bonchev–Trinajstić information content (AvgIpc) is 2.95. The molecule has 3 rings (SSSR count). The van der Waals surface area contributed by atoms with Crippen molar-refractivity contribution in [2.75, 3.05) is 0 Å². The molecule has 2 heterocycles. The molecule has 0 amide bonds. The van der Waals surface area contributed by atoms with Gasteiger partial charge >= 0.3 is 5.97 Å². The first-order valence-corrected chi connectivity index (χ1v) is 6.57. The summed E-state index contributed by atoms with van der Waals surface area (Å²) in [6.07, 6.45) is 4.22. The van der Waals surface area contributed by atoms with Crippen LogP contribution in [0.4, 0.5) is 0 Å². The number of thiazole rings is 1. The van der Waals surface area contributed by atoms with Gasteiger partial charge in [-0.15, -0.1) is 11.3 Å². The van der Waals surface area contributed by atoms with Crippen molar-refractivity contribution in [3.63, 3.8) is 0 Å². The van der Waals surface area contributed by atoms with Gasteiger partial charge in [0.15, 0.2) is 5.69 Å². The number of hydrogen-bond acceptors (Lipinski definition) is 5. The van der Waals surface area contributed by atoms with Gasteiger partial charge in [0.2, 0.25) is 5.13 Å². The van der Waals surface area contributed by atoms with E-state index >= 15 is 0 Å². The van der Waals surface area contributed by atoms with Gasteiger partial charge in [0.05, 0.1) is 5.69 Å². The molecule has 2 aromatic rings. The molecule has 2 aromatic heterocycles. The van der Waals surface area contributed by atoms with Crippen LogP contribution in [-0.2, 0) is 6.42 Å². The Morgan fingerprint density at radius 2 is 2.44 bits per heavy atom. The highest BCUT2D eigenvalue weighted by Gasteiger charge is 2.30. The summed E-state index contributed by atoms with van der Waals surface area (Å²) in [6, 6.07) is -0.242. The minimum absolute atomic E-state index is 0.0624. The van der Waals surface area contributed by atoms with Gasteiger partial charge in [-0.2, -0.15) is 5.10 Å². The van der Waals surface area contributed by atoms with Crippen LogP contribution in [0.25, 0.3) is 5.13 Å². The maximum Gasteiger partial charge on any atom is 0.356 e. The molecular weight excluding hydrogens is 252 g/mol. The highest BCUT2D eigenvalue weighted by Crippen LogP contribution is 2.32. The number of nitrogens with zero attached hydrogens (tertiary/aromatic N) is 3. The monoisotopic (exact) mass is 264 g/mol. The molecule has 1 aliphatic rings. The standard InChI is InChI=1S/C11H12N4O2S/c12-6-2-1-3-7-8(6)9(10(16)17)14-15(7)11-13-4-5-18-11/h4-6H,1-3,12H2,(H,16,17). The predicted octanol–water partition coefficient (Wildman–Crippen LogP) is 1.36. The average molecular weight is 264 g/mol. The molecule has 0 radical (unpaired) electrons. The van der Waals surface area contributed by atoms with Crippen molar-refractivity contribution in [1.29, 1.82) is 0 Å². The lowest BCUT2D eigenvalue weighted by atomic mass is 9.91. The molecule has 3 N–H and O–H groups in total. The number of rotatable bonds is 2. The van der Waals surface area contributed by atoms with Crippen LogP contribution in [0.1, 0.15) is 40.6 Å². The predicted molar refractivity (Wildman–Crippen MR) is 66.1 cm³/mol. The van der Waals surface area contributed by atoms with Crippen molar-refractivity contribution >= 4 is 17.3 Å². The normalized spacial score (nSPS) is 18.6. The summed E-state index contributed by atoms with van der Waals surface area (Å²) in [7, 11) is 0. The van der Waals surface area contributed by atoms with Crippen LogP contribution in [0.3, 0.4) is 0 Å². The zero-order valence-corrected chi connectivity index (χ0v) is 10.4. The third-order valence-corrected chi connectivity index (χ3v) is 3.87. The Balaban J connectivity index is 2.22. The Bertz CT molecular complexity index is 590. The molecule has 0 fully saturated rings. The Morgan fingerprint density at radius 1 is 1.61 bits per heavy atom. The van der Waals surface area contributed by atoms with E-state index in [1.54, 1.807) is 10.9 Å². The number of carboxylic acid groups (broad SMARTS) is 1. The van der Waals surface area contributed by atoms with E-state index in [0.29, 0.717) is 10.7 Å². The van der Waals surface area contributed by atoms with E-state index in [-0.39, 0.29) is 11.7 Å². The van der Waals surface area contributed by atoms with Gasteiger partial charge in [0.25, 0.3) is 0 Å². The molecular formula is C11H12N4O2S. The lowest BCUT2D eigenvalue weighted by Gasteiger charge is -2.19. The minimum Gasteiger partial charge on any atom is -0.476 e. The molecule has 0 aliphatic heterocycles. The lowest BCUT2D eigenvalue weighted by Crippen LogP contribution is -2.20. The fourth-order valence-electron chi connectivity index (χ4n) is 2.37. The van der Waals surface area contributed by atoms with E-state index in [1.165, 1.54) is 11.3 Å². The summed E-state index contributed by atoms with van der Waals surface area (Å²) in [6.45, 7) is 0. The number of hydrogen-bond donors (Lipinski definition) is 2. The van der Waals surface area contributed by atoms with Crippen molar-refractivity contribution in [2.45, 2.75) is 25.3 Å². The molecule has 94 valence electrons. The molecule has 1 atom stereocenters. The quantitative estimate of drug-likeness (QED) is 0.854. The van der Waals surface area contributed by atoms with Crippen LogP contribution in [0.2, 0.25) is 0 Å². The largest absolute Gasteiger partial charge is 0.476 e. The molecule has 0 bridgehead atoms. The molecule has 1 aliphatic carbocycles. The lowest BCUT2D eigenvalue weighted by molar-refractivity contribution is 0.0688. The summed E-state index contributed by atoms with van der Waals surface area (Å²) in [4.78, 5) is 15.4. The summed E-state index contributed by atoms with van der Waals surface area (Å²) >= 11 is 1.43. The van der Waals surface area contributed by atoms with E-state index in [2.05, 4.69) is 10.1 Å². The first-order chi connectivity index (χ1) is 8.68. The third-order valence-electron chi connectivity index (χ3n) is 3.12. The fraction of sp³-hybridized carbons (Fsp3) is 0.364. The number of aromatic carboxylic acids is 1. The van der Waals surface area contributed by atoms with Gasteiger partial charge in [-0.1, -0.05) is 0 Å². The highest BCUT2D eigenvalue weighted by molar-refractivity contribution is 7.12. The van der Waals surface area contributed by atoms with Crippen LogP contribution < -0.4 is 5.73 Å². The molecule has 7 heteroatoms. The van der Waals surface area contributed by atoms with Crippen molar-refractivity contribution in [3.05, 3.63) is 28.5 Å².